The lowest BCUT2D eigenvalue weighted by Gasteiger charge is -2.14. The molecule has 1 aliphatic rings. The molecule has 3 N–H and O–H groups in total. The van der Waals surface area contributed by atoms with Gasteiger partial charge in [0, 0.05) is 60.5 Å². The Morgan fingerprint density at radius 2 is 2.11 bits per heavy atom. The predicted octanol–water partition coefficient (Wildman–Crippen LogP) is 4.49. The van der Waals surface area contributed by atoms with Crippen LogP contribution in [-0.2, 0) is 11.3 Å². The fourth-order valence-electron chi connectivity index (χ4n) is 4.60. The van der Waals surface area contributed by atoms with Gasteiger partial charge in [0.25, 0.3) is 0 Å². The molecule has 4 heterocycles. The van der Waals surface area contributed by atoms with E-state index in [4.69, 9.17) is 9.72 Å². The molecule has 0 saturated heterocycles. The van der Waals surface area contributed by atoms with Crippen LogP contribution >= 0.6 is 0 Å². The highest BCUT2D eigenvalue weighted by Gasteiger charge is 2.30. The minimum Gasteiger partial charge on any atom is -0.446 e. The van der Waals surface area contributed by atoms with E-state index in [2.05, 4.69) is 44.8 Å². The maximum absolute atomic E-state index is 11.9. The van der Waals surface area contributed by atoms with Crippen molar-refractivity contribution < 1.29 is 9.53 Å². The standard InChI is InChI=1S/C25H33N9O2/c1-15(2)13-33-14-18(12-27-33)20-11-23-26-7-8-34(23)24(29-20)30-22-10-21(31-32-22)17-5-6-19(9-17)36-25(35)28-16(3)4/h7-8,10-12,14-17,19H,5-6,9,13H2,1-4H3,(H,28,35)(H2,29,30,31,32). The summed E-state index contributed by atoms with van der Waals surface area (Å²) in [6, 6.07) is 4.01. The summed E-state index contributed by atoms with van der Waals surface area (Å²) in [5, 5.41) is 18.2. The molecule has 0 bridgehead atoms. The number of rotatable bonds is 8. The van der Waals surface area contributed by atoms with Crippen LogP contribution in [0, 0.1) is 5.92 Å². The van der Waals surface area contributed by atoms with Gasteiger partial charge in [0.15, 0.2) is 5.82 Å². The lowest BCUT2D eigenvalue weighted by molar-refractivity contribution is 0.0981. The number of carbonyl (C=O) groups is 1. The van der Waals surface area contributed by atoms with Gasteiger partial charge in [-0.3, -0.25) is 14.2 Å². The minimum absolute atomic E-state index is 0.0567. The number of amides is 1. The van der Waals surface area contributed by atoms with Crippen LogP contribution in [0.4, 0.5) is 16.6 Å². The van der Waals surface area contributed by atoms with Gasteiger partial charge < -0.3 is 15.4 Å². The van der Waals surface area contributed by atoms with Crippen molar-refractivity contribution in [2.75, 3.05) is 5.32 Å². The molecule has 0 spiro atoms. The van der Waals surface area contributed by atoms with E-state index in [1.54, 1.807) is 6.20 Å². The summed E-state index contributed by atoms with van der Waals surface area (Å²) in [6.07, 6.45) is 9.56. The third-order valence-electron chi connectivity index (χ3n) is 6.21. The van der Waals surface area contributed by atoms with E-state index in [1.807, 2.05) is 53.7 Å². The van der Waals surface area contributed by atoms with Gasteiger partial charge in [0.1, 0.15) is 11.8 Å². The van der Waals surface area contributed by atoms with Gasteiger partial charge in [-0.1, -0.05) is 13.8 Å². The number of aromatic nitrogens is 7. The Labute approximate surface area is 209 Å². The van der Waals surface area contributed by atoms with E-state index in [-0.39, 0.29) is 24.2 Å². The zero-order chi connectivity index (χ0) is 25.2. The van der Waals surface area contributed by atoms with Gasteiger partial charge in [0.2, 0.25) is 5.95 Å². The molecule has 36 heavy (non-hydrogen) atoms. The van der Waals surface area contributed by atoms with Crippen molar-refractivity contribution in [2.45, 2.75) is 71.6 Å². The molecule has 2 unspecified atom stereocenters. The molecule has 1 aliphatic carbocycles. The molecule has 11 nitrogen and oxygen atoms in total. The number of H-pyrrole nitrogens is 1. The molecule has 1 fully saturated rings. The number of imidazole rings is 1. The molecule has 4 aromatic rings. The van der Waals surface area contributed by atoms with Gasteiger partial charge in [-0.25, -0.2) is 14.8 Å². The largest absolute Gasteiger partial charge is 0.446 e. The van der Waals surface area contributed by atoms with Gasteiger partial charge >= 0.3 is 6.09 Å². The Morgan fingerprint density at radius 3 is 2.92 bits per heavy atom. The molecule has 190 valence electrons. The first-order valence-corrected chi connectivity index (χ1v) is 12.5. The number of aromatic amines is 1. The van der Waals surface area contributed by atoms with Gasteiger partial charge in [0.05, 0.1) is 11.9 Å². The quantitative estimate of drug-likeness (QED) is 0.331. The molecule has 2 atom stereocenters. The highest BCUT2D eigenvalue weighted by molar-refractivity contribution is 5.68. The summed E-state index contributed by atoms with van der Waals surface area (Å²) >= 11 is 0. The average Bonchev–Trinajstić information content (AvgIpc) is 3.60. The van der Waals surface area contributed by atoms with Crippen molar-refractivity contribution in [3.8, 4) is 11.3 Å². The molecular formula is C25H33N9O2. The Bertz CT molecular complexity index is 1340. The maximum Gasteiger partial charge on any atom is 0.407 e. The van der Waals surface area contributed by atoms with Crippen LogP contribution in [0.15, 0.2) is 36.9 Å². The molecular weight excluding hydrogens is 458 g/mol. The topological polar surface area (TPSA) is 127 Å². The van der Waals surface area contributed by atoms with E-state index in [0.29, 0.717) is 17.7 Å². The van der Waals surface area contributed by atoms with Crippen LogP contribution < -0.4 is 10.6 Å². The fraction of sp³-hybridized carbons (Fsp3) is 0.480. The second-order valence-corrected chi connectivity index (χ2v) is 10.1. The Balaban J connectivity index is 1.30. The van der Waals surface area contributed by atoms with E-state index in [0.717, 1.165) is 48.4 Å². The van der Waals surface area contributed by atoms with Gasteiger partial charge in [-0.05, 0) is 39.0 Å². The van der Waals surface area contributed by atoms with E-state index >= 15 is 0 Å². The monoisotopic (exact) mass is 491 g/mol. The van der Waals surface area contributed by atoms with Crippen molar-refractivity contribution >= 4 is 23.5 Å². The number of ether oxygens (including phenoxy) is 1. The average molecular weight is 492 g/mol. The molecule has 1 saturated carbocycles. The van der Waals surface area contributed by atoms with Crippen LogP contribution in [-0.4, -0.2) is 52.6 Å². The number of hydrogen-bond donors (Lipinski definition) is 3. The minimum atomic E-state index is -0.354. The molecule has 1 amide bonds. The zero-order valence-corrected chi connectivity index (χ0v) is 21.1. The summed E-state index contributed by atoms with van der Waals surface area (Å²) in [6.45, 7) is 9.01. The van der Waals surface area contributed by atoms with Crippen molar-refractivity contribution in [3.05, 3.63) is 42.6 Å². The van der Waals surface area contributed by atoms with Crippen molar-refractivity contribution in [3.63, 3.8) is 0 Å². The Kier molecular flexibility index (Phi) is 6.62. The van der Waals surface area contributed by atoms with Crippen LogP contribution in [0.25, 0.3) is 16.9 Å². The number of nitrogens with zero attached hydrogens (tertiary/aromatic N) is 6. The third kappa shape index (κ3) is 5.34. The molecule has 5 rings (SSSR count). The van der Waals surface area contributed by atoms with Crippen LogP contribution in [0.5, 0.6) is 0 Å². The summed E-state index contributed by atoms with van der Waals surface area (Å²) in [7, 11) is 0. The molecule has 0 radical (unpaired) electrons. The fourth-order valence-corrected chi connectivity index (χ4v) is 4.60. The number of carbonyl (C=O) groups excluding carboxylic acids is 1. The van der Waals surface area contributed by atoms with Gasteiger partial charge in [-0.2, -0.15) is 10.2 Å². The van der Waals surface area contributed by atoms with E-state index in [1.165, 1.54) is 0 Å². The normalized spacial score (nSPS) is 17.8. The number of alkyl carbamates (subject to hydrolysis) is 1. The second kappa shape index (κ2) is 10.00. The SMILES string of the molecule is CC(C)Cn1cc(-c2cc3nccn3c(Nc3cc(C4CCC(OC(=O)NC(C)C)C4)[nH]n3)n2)cn1. The summed E-state index contributed by atoms with van der Waals surface area (Å²) < 4.78 is 9.40. The lowest BCUT2D eigenvalue weighted by Crippen LogP contribution is -2.33. The van der Waals surface area contributed by atoms with Crippen molar-refractivity contribution in [1.29, 1.82) is 0 Å². The van der Waals surface area contributed by atoms with Crippen LogP contribution in [0.3, 0.4) is 0 Å². The van der Waals surface area contributed by atoms with E-state index in [9.17, 15) is 4.79 Å². The van der Waals surface area contributed by atoms with Crippen molar-refractivity contribution in [2.24, 2.45) is 5.92 Å². The zero-order valence-electron chi connectivity index (χ0n) is 21.1. The summed E-state index contributed by atoms with van der Waals surface area (Å²) in [4.78, 5) is 21.2. The summed E-state index contributed by atoms with van der Waals surface area (Å²) in [5.74, 6) is 2.05. The second-order valence-electron chi connectivity index (χ2n) is 10.1. The Morgan fingerprint density at radius 1 is 1.25 bits per heavy atom. The maximum atomic E-state index is 11.9. The van der Waals surface area contributed by atoms with E-state index < -0.39 is 0 Å². The van der Waals surface area contributed by atoms with Crippen LogP contribution in [0.2, 0.25) is 0 Å². The molecule has 0 aromatic carbocycles. The lowest BCUT2D eigenvalue weighted by atomic mass is 10.0. The first kappa shape index (κ1) is 23.8. The molecule has 4 aromatic heterocycles. The first-order valence-electron chi connectivity index (χ1n) is 12.5. The number of hydrogen-bond acceptors (Lipinski definition) is 7. The smallest absolute Gasteiger partial charge is 0.407 e. The highest BCUT2D eigenvalue weighted by atomic mass is 16.6. The number of anilines is 2. The van der Waals surface area contributed by atoms with Crippen LogP contribution in [0.1, 0.15) is 58.6 Å². The first-order chi connectivity index (χ1) is 17.3. The van der Waals surface area contributed by atoms with Crippen molar-refractivity contribution in [1.82, 2.24) is 39.7 Å². The molecule has 11 heteroatoms. The Hall–Kier alpha value is -3.89. The summed E-state index contributed by atoms with van der Waals surface area (Å²) in [5.41, 5.74) is 3.52. The molecule has 0 aliphatic heterocycles. The third-order valence-corrected chi connectivity index (χ3v) is 6.21. The number of nitrogens with one attached hydrogen (secondary N) is 3. The van der Waals surface area contributed by atoms with Gasteiger partial charge in [-0.15, -0.1) is 0 Å². The number of fused-ring (bicyclic) bond motifs is 1. The highest BCUT2D eigenvalue weighted by Crippen LogP contribution is 2.36. The predicted molar refractivity (Wildman–Crippen MR) is 136 cm³/mol.